The van der Waals surface area contributed by atoms with E-state index in [0.29, 0.717) is 19.2 Å². The zero-order valence-electron chi connectivity index (χ0n) is 14.5. The molecule has 0 unspecified atom stereocenters. The fraction of sp³-hybridized carbons (Fsp3) is 0.471. The van der Waals surface area contributed by atoms with Crippen LogP contribution in [0.25, 0.3) is 0 Å². The molecule has 3 rings (SSSR count). The second-order valence-electron chi connectivity index (χ2n) is 6.47. The van der Waals surface area contributed by atoms with E-state index in [9.17, 15) is 23.3 Å². The number of aromatic nitrogens is 2. The molecule has 10 heteroatoms. The van der Waals surface area contributed by atoms with Gasteiger partial charge >= 0.3 is 6.18 Å². The van der Waals surface area contributed by atoms with Crippen molar-refractivity contribution in [2.45, 2.75) is 38.4 Å². The van der Waals surface area contributed by atoms with E-state index in [1.54, 1.807) is 4.90 Å². The van der Waals surface area contributed by atoms with Crippen molar-refractivity contribution >= 4 is 23.0 Å². The van der Waals surface area contributed by atoms with Gasteiger partial charge in [0.1, 0.15) is 5.69 Å². The molecule has 0 spiro atoms. The zero-order chi connectivity index (χ0) is 19.8. The standard InChI is InChI=1S/C17H18ClF3N4O2/c1-2-24-10-12(9-22-24)11-3-5-23(6-4-11)15-8-14(18)13(17(19,20)21)7-16(15)25(26)27/h7-11H,2-6H2,1H3. The van der Waals surface area contributed by atoms with Crippen LogP contribution in [0.5, 0.6) is 0 Å². The van der Waals surface area contributed by atoms with Crippen LogP contribution in [0.2, 0.25) is 5.02 Å². The van der Waals surface area contributed by atoms with Gasteiger partial charge in [0.05, 0.1) is 21.7 Å². The third kappa shape index (κ3) is 4.02. The van der Waals surface area contributed by atoms with E-state index >= 15 is 0 Å². The molecule has 1 aliphatic rings. The first-order valence-corrected chi connectivity index (χ1v) is 8.91. The van der Waals surface area contributed by atoms with Gasteiger partial charge in [-0.15, -0.1) is 0 Å². The van der Waals surface area contributed by atoms with E-state index in [4.69, 9.17) is 11.6 Å². The summed E-state index contributed by atoms with van der Waals surface area (Å²) < 4.78 is 40.9. The Balaban J connectivity index is 1.83. The Bertz CT molecular complexity index is 845. The summed E-state index contributed by atoms with van der Waals surface area (Å²) in [6.07, 6.45) is 0.516. The predicted octanol–water partition coefficient (Wildman–Crippen LogP) is 4.87. The van der Waals surface area contributed by atoms with Crippen LogP contribution in [0.1, 0.15) is 36.8 Å². The molecule has 6 nitrogen and oxygen atoms in total. The lowest BCUT2D eigenvalue weighted by Crippen LogP contribution is -2.33. The minimum atomic E-state index is -4.74. The molecule has 0 bridgehead atoms. The van der Waals surface area contributed by atoms with Gasteiger partial charge in [0.25, 0.3) is 5.69 Å². The minimum absolute atomic E-state index is 0.126. The first kappa shape index (κ1) is 19.5. The molecule has 0 amide bonds. The van der Waals surface area contributed by atoms with Crippen LogP contribution in [0.3, 0.4) is 0 Å². The van der Waals surface area contributed by atoms with Gasteiger partial charge in [0.15, 0.2) is 0 Å². The van der Waals surface area contributed by atoms with E-state index in [1.165, 1.54) is 0 Å². The Hall–Kier alpha value is -2.29. The fourth-order valence-electron chi connectivity index (χ4n) is 3.39. The molecule has 2 aromatic rings. The van der Waals surface area contributed by atoms with Gasteiger partial charge in [-0.3, -0.25) is 14.8 Å². The quantitative estimate of drug-likeness (QED) is 0.540. The molecule has 1 saturated heterocycles. The number of benzene rings is 1. The number of rotatable bonds is 4. The molecule has 0 N–H and O–H groups in total. The highest BCUT2D eigenvalue weighted by atomic mass is 35.5. The number of nitro benzene ring substituents is 1. The summed E-state index contributed by atoms with van der Waals surface area (Å²) in [6, 6.07) is 1.58. The van der Waals surface area contributed by atoms with E-state index in [1.807, 2.05) is 24.0 Å². The van der Waals surface area contributed by atoms with Gasteiger partial charge in [0.2, 0.25) is 0 Å². The Morgan fingerprint density at radius 3 is 2.52 bits per heavy atom. The number of nitrogens with zero attached hydrogens (tertiary/aromatic N) is 4. The van der Waals surface area contributed by atoms with Crippen molar-refractivity contribution in [2.24, 2.45) is 0 Å². The smallest absolute Gasteiger partial charge is 0.366 e. The summed E-state index contributed by atoms with van der Waals surface area (Å²) in [5, 5.41) is 15.1. The highest BCUT2D eigenvalue weighted by Crippen LogP contribution is 2.42. The number of aryl methyl sites for hydroxylation is 1. The van der Waals surface area contributed by atoms with Crippen LogP contribution in [-0.2, 0) is 12.7 Å². The van der Waals surface area contributed by atoms with Gasteiger partial charge < -0.3 is 4.90 Å². The van der Waals surface area contributed by atoms with Crippen molar-refractivity contribution in [1.82, 2.24) is 9.78 Å². The minimum Gasteiger partial charge on any atom is -0.366 e. The maximum Gasteiger partial charge on any atom is 0.418 e. The second-order valence-corrected chi connectivity index (χ2v) is 6.87. The average Bonchev–Trinajstić information content (AvgIpc) is 3.09. The lowest BCUT2D eigenvalue weighted by atomic mass is 9.91. The summed E-state index contributed by atoms with van der Waals surface area (Å²) >= 11 is 5.77. The van der Waals surface area contributed by atoms with Gasteiger partial charge in [0, 0.05) is 31.9 Å². The van der Waals surface area contributed by atoms with E-state index < -0.39 is 27.4 Å². The molecule has 27 heavy (non-hydrogen) atoms. The highest BCUT2D eigenvalue weighted by Gasteiger charge is 2.37. The largest absolute Gasteiger partial charge is 0.418 e. The van der Waals surface area contributed by atoms with Gasteiger partial charge in [-0.25, -0.2) is 0 Å². The van der Waals surface area contributed by atoms with Crippen LogP contribution < -0.4 is 4.90 Å². The number of hydrogen-bond acceptors (Lipinski definition) is 4. The van der Waals surface area contributed by atoms with Gasteiger partial charge in [-0.05, 0) is 37.3 Å². The van der Waals surface area contributed by atoms with Crippen molar-refractivity contribution in [3.8, 4) is 0 Å². The fourth-order valence-corrected chi connectivity index (χ4v) is 3.65. The Labute approximate surface area is 158 Å². The van der Waals surface area contributed by atoms with Crippen LogP contribution in [0.4, 0.5) is 24.5 Å². The first-order valence-electron chi connectivity index (χ1n) is 8.53. The number of nitro groups is 1. The summed E-state index contributed by atoms with van der Waals surface area (Å²) in [7, 11) is 0. The van der Waals surface area contributed by atoms with Crippen molar-refractivity contribution in [3.05, 3.63) is 50.8 Å². The summed E-state index contributed by atoms with van der Waals surface area (Å²) in [5.41, 5.74) is -0.539. The maximum absolute atomic E-state index is 13.0. The lowest BCUT2D eigenvalue weighted by molar-refractivity contribution is -0.384. The van der Waals surface area contributed by atoms with Crippen LogP contribution in [0, 0.1) is 10.1 Å². The number of hydrogen-bond donors (Lipinski definition) is 0. The normalized spacial score (nSPS) is 16.0. The SMILES string of the molecule is CCn1cc(C2CCN(c3cc(Cl)c(C(F)(F)F)cc3[N+](=O)[O-])CC2)cn1. The molecule has 2 heterocycles. The zero-order valence-corrected chi connectivity index (χ0v) is 15.3. The van der Waals surface area contributed by atoms with E-state index in [0.717, 1.165) is 31.0 Å². The van der Waals surface area contributed by atoms with Crippen LogP contribution >= 0.6 is 11.6 Å². The molecular formula is C17H18ClF3N4O2. The molecule has 0 saturated carbocycles. The van der Waals surface area contributed by atoms with Crippen molar-refractivity contribution < 1.29 is 18.1 Å². The van der Waals surface area contributed by atoms with Crippen LogP contribution in [-0.4, -0.2) is 27.8 Å². The summed E-state index contributed by atoms with van der Waals surface area (Å²) in [5.74, 6) is 0.269. The Morgan fingerprint density at radius 1 is 1.33 bits per heavy atom. The second kappa shape index (κ2) is 7.38. The Kier molecular flexibility index (Phi) is 5.32. The molecule has 146 valence electrons. The number of piperidine rings is 1. The maximum atomic E-state index is 13.0. The molecule has 1 aromatic heterocycles. The monoisotopic (exact) mass is 402 g/mol. The third-order valence-electron chi connectivity index (χ3n) is 4.85. The molecule has 1 fully saturated rings. The third-order valence-corrected chi connectivity index (χ3v) is 5.16. The van der Waals surface area contributed by atoms with Crippen molar-refractivity contribution in [1.29, 1.82) is 0 Å². The molecule has 1 aliphatic heterocycles. The highest BCUT2D eigenvalue weighted by molar-refractivity contribution is 6.31. The first-order chi connectivity index (χ1) is 12.7. The molecule has 0 radical (unpaired) electrons. The number of anilines is 1. The van der Waals surface area contributed by atoms with E-state index in [-0.39, 0.29) is 11.6 Å². The summed E-state index contributed by atoms with van der Waals surface area (Å²) in [4.78, 5) is 12.3. The van der Waals surface area contributed by atoms with E-state index in [2.05, 4.69) is 5.10 Å². The van der Waals surface area contributed by atoms with Crippen LogP contribution in [0.15, 0.2) is 24.5 Å². The lowest BCUT2D eigenvalue weighted by Gasteiger charge is -2.33. The number of halogens is 4. The van der Waals surface area contributed by atoms with Crippen molar-refractivity contribution in [2.75, 3.05) is 18.0 Å². The topological polar surface area (TPSA) is 64.2 Å². The average molecular weight is 403 g/mol. The van der Waals surface area contributed by atoms with Gasteiger partial charge in [-0.2, -0.15) is 18.3 Å². The molecular weight excluding hydrogens is 385 g/mol. The predicted molar refractivity (Wildman–Crippen MR) is 95.2 cm³/mol. The van der Waals surface area contributed by atoms with Crippen molar-refractivity contribution in [3.63, 3.8) is 0 Å². The summed E-state index contributed by atoms with van der Waals surface area (Å²) in [6.45, 7) is 3.75. The Morgan fingerprint density at radius 2 is 2.00 bits per heavy atom. The van der Waals surface area contributed by atoms with Gasteiger partial charge in [-0.1, -0.05) is 11.6 Å². The molecule has 0 atom stereocenters. The number of alkyl halides is 3. The molecule has 0 aliphatic carbocycles. The molecule has 1 aromatic carbocycles.